The van der Waals surface area contributed by atoms with Gasteiger partial charge in [0.2, 0.25) is 5.91 Å². The van der Waals surface area contributed by atoms with Crippen molar-refractivity contribution in [3.63, 3.8) is 0 Å². The normalized spacial score (nSPS) is 13.5. The van der Waals surface area contributed by atoms with Crippen molar-refractivity contribution >= 4 is 23.2 Å². The molecule has 1 aliphatic heterocycles. The SMILES string of the molecule is Cc1cccc(N2N=C(C(=O)NCc3ccc(OCc4cccnc4)cc3)CCC2=O)c1. The Morgan fingerprint density at radius 3 is 2.66 bits per heavy atom. The topological polar surface area (TPSA) is 83.9 Å². The van der Waals surface area contributed by atoms with Crippen LogP contribution < -0.4 is 15.1 Å². The van der Waals surface area contributed by atoms with Gasteiger partial charge in [-0.25, -0.2) is 5.01 Å². The number of hydrogen-bond acceptors (Lipinski definition) is 5. The van der Waals surface area contributed by atoms with Gasteiger partial charge in [0.1, 0.15) is 18.1 Å². The van der Waals surface area contributed by atoms with Gasteiger partial charge in [-0.15, -0.1) is 0 Å². The van der Waals surface area contributed by atoms with Gasteiger partial charge >= 0.3 is 0 Å². The minimum atomic E-state index is -0.271. The van der Waals surface area contributed by atoms with Gasteiger partial charge in [0.25, 0.3) is 5.91 Å². The highest BCUT2D eigenvalue weighted by Gasteiger charge is 2.25. The fourth-order valence-electron chi connectivity index (χ4n) is 3.32. The predicted molar refractivity (Wildman–Crippen MR) is 122 cm³/mol. The number of hydrazone groups is 1. The van der Waals surface area contributed by atoms with Crippen LogP contribution in [0.15, 0.2) is 78.2 Å². The van der Waals surface area contributed by atoms with Crippen LogP contribution in [-0.2, 0) is 22.7 Å². The average Bonchev–Trinajstić information content (AvgIpc) is 2.83. The summed E-state index contributed by atoms with van der Waals surface area (Å²) in [5.74, 6) is 0.356. The molecule has 2 aromatic carbocycles. The first-order chi connectivity index (χ1) is 15.6. The van der Waals surface area contributed by atoms with E-state index >= 15 is 0 Å². The zero-order valence-corrected chi connectivity index (χ0v) is 17.8. The van der Waals surface area contributed by atoms with E-state index in [-0.39, 0.29) is 18.2 Å². The van der Waals surface area contributed by atoms with Crippen molar-refractivity contribution in [2.45, 2.75) is 32.9 Å². The Kier molecular flexibility index (Phi) is 6.55. The minimum absolute atomic E-state index is 0.117. The van der Waals surface area contributed by atoms with Crippen LogP contribution in [0.1, 0.15) is 29.5 Å². The highest BCUT2D eigenvalue weighted by molar-refractivity contribution is 6.40. The summed E-state index contributed by atoms with van der Waals surface area (Å²) in [5, 5.41) is 8.52. The smallest absolute Gasteiger partial charge is 0.267 e. The summed E-state index contributed by atoms with van der Waals surface area (Å²) >= 11 is 0. The lowest BCUT2D eigenvalue weighted by Crippen LogP contribution is -2.38. The molecule has 7 nitrogen and oxygen atoms in total. The van der Waals surface area contributed by atoms with Crippen molar-refractivity contribution in [3.8, 4) is 5.75 Å². The number of aryl methyl sites for hydroxylation is 1. The lowest BCUT2D eigenvalue weighted by molar-refractivity contribution is -0.119. The highest BCUT2D eigenvalue weighted by atomic mass is 16.5. The van der Waals surface area contributed by atoms with Gasteiger partial charge in [-0.1, -0.05) is 30.3 Å². The molecular formula is C25H24N4O3. The predicted octanol–water partition coefficient (Wildman–Crippen LogP) is 3.77. The summed E-state index contributed by atoms with van der Waals surface area (Å²) in [6.45, 7) is 2.75. The quantitative estimate of drug-likeness (QED) is 0.621. The Labute approximate surface area is 186 Å². The van der Waals surface area contributed by atoms with E-state index in [0.717, 1.165) is 22.4 Å². The standard InChI is InChI=1S/C25H24N4O3/c1-18-4-2-6-21(14-18)29-24(30)12-11-23(28-29)25(31)27-16-19-7-9-22(10-8-19)32-17-20-5-3-13-26-15-20/h2-10,13-15H,11-12,16-17H2,1H3,(H,27,31). The minimum Gasteiger partial charge on any atom is -0.489 e. The first-order valence-corrected chi connectivity index (χ1v) is 10.4. The molecule has 0 bridgehead atoms. The Hall–Kier alpha value is -4.00. The lowest BCUT2D eigenvalue weighted by Gasteiger charge is -2.23. The van der Waals surface area contributed by atoms with Crippen molar-refractivity contribution in [2.75, 3.05) is 5.01 Å². The van der Waals surface area contributed by atoms with Gasteiger partial charge in [-0.2, -0.15) is 5.10 Å². The number of carbonyl (C=O) groups is 2. The maximum atomic E-state index is 12.6. The molecular weight excluding hydrogens is 404 g/mol. The van der Waals surface area contributed by atoms with E-state index in [0.29, 0.717) is 31.0 Å². The summed E-state index contributed by atoms with van der Waals surface area (Å²) in [7, 11) is 0. The number of benzene rings is 2. The van der Waals surface area contributed by atoms with E-state index in [1.807, 2.05) is 67.6 Å². The number of nitrogens with one attached hydrogen (secondary N) is 1. The van der Waals surface area contributed by atoms with Crippen LogP contribution in [0.5, 0.6) is 5.75 Å². The van der Waals surface area contributed by atoms with Crippen molar-refractivity contribution < 1.29 is 14.3 Å². The average molecular weight is 428 g/mol. The Morgan fingerprint density at radius 2 is 1.91 bits per heavy atom. The molecule has 1 aliphatic rings. The van der Waals surface area contributed by atoms with Crippen molar-refractivity contribution in [1.29, 1.82) is 0 Å². The number of rotatable bonds is 7. The third kappa shape index (κ3) is 5.37. The third-order valence-electron chi connectivity index (χ3n) is 5.05. The second kappa shape index (κ2) is 9.87. The molecule has 32 heavy (non-hydrogen) atoms. The fourth-order valence-corrected chi connectivity index (χ4v) is 3.32. The monoisotopic (exact) mass is 428 g/mol. The van der Waals surface area contributed by atoms with Gasteiger partial charge in [0.05, 0.1) is 5.69 Å². The molecule has 0 saturated carbocycles. The lowest BCUT2D eigenvalue weighted by atomic mass is 10.1. The van der Waals surface area contributed by atoms with Crippen LogP contribution in [0, 0.1) is 6.92 Å². The van der Waals surface area contributed by atoms with Crippen molar-refractivity contribution in [3.05, 3.63) is 89.7 Å². The van der Waals surface area contributed by atoms with Crippen LogP contribution in [0.4, 0.5) is 5.69 Å². The molecule has 162 valence electrons. The summed E-state index contributed by atoms with van der Waals surface area (Å²) < 4.78 is 5.76. The van der Waals surface area contributed by atoms with E-state index in [1.165, 1.54) is 5.01 Å². The van der Waals surface area contributed by atoms with E-state index in [1.54, 1.807) is 12.4 Å². The van der Waals surface area contributed by atoms with E-state index in [9.17, 15) is 9.59 Å². The molecule has 0 aliphatic carbocycles. The van der Waals surface area contributed by atoms with E-state index < -0.39 is 0 Å². The molecule has 7 heteroatoms. The zero-order chi connectivity index (χ0) is 22.3. The number of aromatic nitrogens is 1. The fraction of sp³-hybridized carbons (Fsp3) is 0.200. The van der Waals surface area contributed by atoms with Gasteiger partial charge in [0, 0.05) is 37.3 Å². The van der Waals surface area contributed by atoms with Crippen molar-refractivity contribution in [2.24, 2.45) is 5.10 Å². The molecule has 2 heterocycles. The third-order valence-corrected chi connectivity index (χ3v) is 5.05. The molecule has 0 saturated heterocycles. The summed E-state index contributed by atoms with van der Waals surface area (Å²) in [4.78, 5) is 29.0. The molecule has 1 N–H and O–H groups in total. The largest absolute Gasteiger partial charge is 0.489 e. The second-order valence-corrected chi connectivity index (χ2v) is 7.57. The van der Waals surface area contributed by atoms with Crippen LogP contribution in [-0.4, -0.2) is 22.5 Å². The maximum absolute atomic E-state index is 12.6. The number of hydrogen-bond donors (Lipinski definition) is 1. The van der Waals surface area contributed by atoms with E-state index in [4.69, 9.17) is 4.74 Å². The first-order valence-electron chi connectivity index (χ1n) is 10.4. The van der Waals surface area contributed by atoms with Crippen LogP contribution >= 0.6 is 0 Å². The summed E-state index contributed by atoms with van der Waals surface area (Å²) in [5.41, 5.74) is 3.98. The van der Waals surface area contributed by atoms with Gasteiger partial charge in [-0.3, -0.25) is 14.6 Å². The van der Waals surface area contributed by atoms with Crippen LogP contribution in [0.25, 0.3) is 0 Å². The number of carbonyl (C=O) groups excluding carboxylic acids is 2. The van der Waals surface area contributed by atoms with Crippen molar-refractivity contribution in [1.82, 2.24) is 10.3 Å². The maximum Gasteiger partial charge on any atom is 0.267 e. The first kappa shape index (κ1) is 21.2. The summed E-state index contributed by atoms with van der Waals surface area (Å²) in [6, 6.07) is 18.9. The molecule has 0 radical (unpaired) electrons. The van der Waals surface area contributed by atoms with Gasteiger partial charge < -0.3 is 10.1 Å². The number of pyridine rings is 1. The molecule has 2 amide bonds. The summed E-state index contributed by atoms with van der Waals surface area (Å²) in [6.07, 6.45) is 4.08. The Balaban J connectivity index is 1.33. The zero-order valence-electron chi connectivity index (χ0n) is 17.8. The molecule has 0 unspecified atom stereocenters. The highest BCUT2D eigenvalue weighted by Crippen LogP contribution is 2.21. The number of ether oxygens (including phenoxy) is 1. The molecule has 1 aromatic heterocycles. The molecule has 3 aromatic rings. The molecule has 4 rings (SSSR count). The Bertz CT molecular complexity index is 1130. The molecule has 0 fully saturated rings. The number of nitrogens with zero attached hydrogens (tertiary/aromatic N) is 3. The number of amides is 2. The second-order valence-electron chi connectivity index (χ2n) is 7.57. The molecule has 0 spiro atoms. The number of anilines is 1. The Morgan fingerprint density at radius 1 is 1.06 bits per heavy atom. The van der Waals surface area contributed by atoms with Gasteiger partial charge in [-0.05, 0) is 48.4 Å². The van der Waals surface area contributed by atoms with Crippen LogP contribution in [0.3, 0.4) is 0 Å². The van der Waals surface area contributed by atoms with Crippen LogP contribution in [0.2, 0.25) is 0 Å². The van der Waals surface area contributed by atoms with E-state index in [2.05, 4.69) is 15.4 Å². The van der Waals surface area contributed by atoms with Gasteiger partial charge in [0.15, 0.2) is 0 Å². The molecule has 0 atom stereocenters.